The summed E-state index contributed by atoms with van der Waals surface area (Å²) in [5.74, 6) is 0.608. The predicted octanol–water partition coefficient (Wildman–Crippen LogP) is 13.0. The highest BCUT2D eigenvalue weighted by atomic mass is 16.5. The van der Waals surface area contributed by atoms with E-state index in [1.165, 1.54) is 22.3 Å². The Morgan fingerprint density at radius 3 is 1.69 bits per heavy atom. The van der Waals surface area contributed by atoms with E-state index in [9.17, 15) is 14.4 Å². The summed E-state index contributed by atoms with van der Waals surface area (Å²) in [6.45, 7) is 7.22. The second kappa shape index (κ2) is 27.2. The summed E-state index contributed by atoms with van der Waals surface area (Å²) in [7, 11) is 0. The lowest BCUT2D eigenvalue weighted by molar-refractivity contribution is -0.121. The van der Waals surface area contributed by atoms with E-state index in [0.717, 1.165) is 63.2 Å². The van der Waals surface area contributed by atoms with Crippen molar-refractivity contribution in [3.05, 3.63) is 258 Å². The minimum atomic E-state index is -0.181. The minimum Gasteiger partial charge on any atom is -0.492 e. The number of nitrogens with zero attached hydrogens (tertiary/aromatic N) is 3. The van der Waals surface area contributed by atoms with E-state index < -0.39 is 0 Å². The van der Waals surface area contributed by atoms with Gasteiger partial charge in [0, 0.05) is 66.6 Å². The van der Waals surface area contributed by atoms with Crippen molar-refractivity contribution in [3.63, 3.8) is 0 Å². The maximum absolute atomic E-state index is 12.6. The molecule has 0 saturated carbocycles. The van der Waals surface area contributed by atoms with Gasteiger partial charge in [0.05, 0.1) is 5.92 Å². The number of carbonyl (C=O) groups is 3. The summed E-state index contributed by atoms with van der Waals surface area (Å²) in [4.78, 5) is 49.4. The molecule has 9 aromatic rings. The summed E-state index contributed by atoms with van der Waals surface area (Å²) < 4.78 is 5.72. The first kappa shape index (κ1) is 53.8. The standard InChI is InChI=1S/C22H22N2O.C21H18N2O2.C21H20N2O.CH4/c1-16-3-5-18(6-4-16)15-17(2)24-22(25)21-9-7-19(8-10-21)20-11-13-23-14-12-20;24-21(18-12-17-4-1-2-7-20(17)25-14-18)23-19-6-3-5-16(13-19)15-8-10-22-11-9-15;1-16-3-2-4-17(15-16)9-14-23-21(24)20-7-5-18(6-8-20)19-10-12-22-13-11-19;/h3-14,17H,15H2,1-2H3,(H,24,25);1-11,13,18H,12,14H2,(H,23,24);2-8,10-13,15H,9,14H2,1H3,(H,23,24);1H4. The van der Waals surface area contributed by atoms with Crippen molar-refractivity contribution < 1.29 is 19.1 Å². The predicted molar refractivity (Wildman–Crippen MR) is 303 cm³/mol. The average molecular weight is 993 g/mol. The van der Waals surface area contributed by atoms with Gasteiger partial charge < -0.3 is 20.7 Å². The van der Waals surface area contributed by atoms with Crippen LogP contribution in [0.25, 0.3) is 33.4 Å². The molecule has 10 nitrogen and oxygen atoms in total. The van der Waals surface area contributed by atoms with Gasteiger partial charge in [-0.1, -0.05) is 122 Å². The van der Waals surface area contributed by atoms with Crippen LogP contribution in [0.5, 0.6) is 5.75 Å². The molecule has 10 rings (SSSR count). The fourth-order valence-electron chi connectivity index (χ4n) is 8.50. The number of rotatable bonds is 13. The number of nitrogens with one attached hydrogen (secondary N) is 3. The molecule has 0 aliphatic carbocycles. The van der Waals surface area contributed by atoms with Crippen LogP contribution in [0.15, 0.2) is 219 Å². The summed E-state index contributed by atoms with van der Waals surface area (Å²) in [5, 5.41) is 9.06. The Kier molecular flexibility index (Phi) is 19.5. The molecule has 2 unspecified atom stereocenters. The highest BCUT2D eigenvalue weighted by Gasteiger charge is 2.26. The zero-order valence-corrected chi connectivity index (χ0v) is 41.9. The number of anilines is 1. The third kappa shape index (κ3) is 16.0. The molecule has 6 aromatic carbocycles. The van der Waals surface area contributed by atoms with E-state index in [1.807, 2.05) is 146 Å². The van der Waals surface area contributed by atoms with Gasteiger partial charge in [0.15, 0.2) is 0 Å². The lowest BCUT2D eigenvalue weighted by Crippen LogP contribution is -2.34. The van der Waals surface area contributed by atoms with Crippen molar-refractivity contribution >= 4 is 23.4 Å². The SMILES string of the molecule is C.Cc1ccc(CC(C)NC(=O)c2ccc(-c3ccncc3)cc2)cc1.Cc1cccc(CCNC(=O)c2ccc(-c3ccncc3)cc2)c1.O=C(Nc1cccc(-c2ccncc2)c1)C1COc2ccccc2C1. The Balaban J connectivity index is 0.000000163. The maximum atomic E-state index is 12.6. The van der Waals surface area contributed by atoms with Crippen molar-refractivity contribution in [2.45, 2.75) is 53.5 Å². The molecule has 0 radical (unpaired) electrons. The monoisotopic (exact) mass is 992 g/mol. The summed E-state index contributed by atoms with van der Waals surface area (Å²) in [5.41, 5.74) is 14.6. The molecule has 0 fully saturated rings. The van der Waals surface area contributed by atoms with Gasteiger partial charge in [-0.2, -0.15) is 0 Å². The fourth-order valence-corrected chi connectivity index (χ4v) is 8.50. The molecule has 0 spiro atoms. The van der Waals surface area contributed by atoms with Gasteiger partial charge in [0.25, 0.3) is 11.8 Å². The zero-order chi connectivity index (χ0) is 51.5. The summed E-state index contributed by atoms with van der Waals surface area (Å²) >= 11 is 0. The number of fused-ring (bicyclic) bond motifs is 1. The largest absolute Gasteiger partial charge is 0.492 e. The third-order valence-electron chi connectivity index (χ3n) is 12.5. The van der Waals surface area contributed by atoms with Crippen LogP contribution in [0.1, 0.15) is 62.9 Å². The van der Waals surface area contributed by atoms with E-state index in [4.69, 9.17) is 4.74 Å². The van der Waals surface area contributed by atoms with Crippen LogP contribution >= 0.6 is 0 Å². The first-order chi connectivity index (χ1) is 36.1. The Labute approximate surface area is 441 Å². The molecule has 3 aromatic heterocycles. The van der Waals surface area contributed by atoms with Crippen LogP contribution in [0, 0.1) is 19.8 Å². The number of benzene rings is 6. The van der Waals surface area contributed by atoms with Gasteiger partial charge in [0.1, 0.15) is 12.4 Å². The molecule has 3 N–H and O–H groups in total. The number of hydrogen-bond donors (Lipinski definition) is 3. The van der Waals surface area contributed by atoms with Gasteiger partial charge in [-0.25, -0.2) is 0 Å². The Morgan fingerprint density at radius 2 is 1.09 bits per heavy atom. The van der Waals surface area contributed by atoms with Crippen molar-refractivity contribution in [2.24, 2.45) is 5.92 Å². The molecule has 1 aliphatic heterocycles. The fraction of sp³-hybridized carbons (Fsp3) is 0.169. The van der Waals surface area contributed by atoms with Crippen LogP contribution in [-0.2, 0) is 24.1 Å². The van der Waals surface area contributed by atoms with E-state index >= 15 is 0 Å². The van der Waals surface area contributed by atoms with E-state index in [0.29, 0.717) is 30.7 Å². The number of amides is 3. The quantitative estimate of drug-likeness (QED) is 0.105. The molecule has 0 saturated heterocycles. The zero-order valence-electron chi connectivity index (χ0n) is 41.9. The molecule has 10 heteroatoms. The number of pyridine rings is 3. The van der Waals surface area contributed by atoms with Crippen LogP contribution in [0.2, 0.25) is 0 Å². The highest BCUT2D eigenvalue weighted by molar-refractivity contribution is 5.96. The molecule has 1 aliphatic rings. The van der Waals surface area contributed by atoms with Crippen molar-refractivity contribution in [3.8, 4) is 39.1 Å². The Bertz CT molecular complexity index is 3230. The van der Waals surface area contributed by atoms with Gasteiger partial charge in [-0.15, -0.1) is 0 Å². The summed E-state index contributed by atoms with van der Waals surface area (Å²) in [6.07, 6.45) is 12.9. The Hall–Kier alpha value is -9.02. The van der Waals surface area contributed by atoms with E-state index in [1.54, 1.807) is 37.2 Å². The lowest BCUT2D eigenvalue weighted by Gasteiger charge is -2.24. The Morgan fingerprint density at radius 1 is 0.547 bits per heavy atom. The first-order valence-corrected chi connectivity index (χ1v) is 24.9. The number of para-hydroxylation sites is 1. The average Bonchev–Trinajstić information content (AvgIpc) is 3.45. The summed E-state index contributed by atoms with van der Waals surface area (Å²) in [6, 6.07) is 59.6. The number of carbonyl (C=O) groups excluding carboxylic acids is 3. The van der Waals surface area contributed by atoms with Crippen molar-refractivity contribution in [2.75, 3.05) is 18.5 Å². The van der Waals surface area contributed by atoms with Crippen LogP contribution < -0.4 is 20.7 Å². The molecule has 378 valence electrons. The van der Waals surface area contributed by atoms with Gasteiger partial charge in [0.2, 0.25) is 5.91 Å². The van der Waals surface area contributed by atoms with Crippen molar-refractivity contribution in [1.82, 2.24) is 25.6 Å². The van der Waals surface area contributed by atoms with Crippen molar-refractivity contribution in [1.29, 1.82) is 0 Å². The number of hydrogen-bond acceptors (Lipinski definition) is 7. The molecular formula is C65H64N6O4. The molecule has 3 amide bonds. The van der Waals surface area contributed by atoms with Crippen LogP contribution in [0.4, 0.5) is 5.69 Å². The number of aryl methyl sites for hydroxylation is 2. The number of ether oxygens (including phenoxy) is 1. The van der Waals surface area contributed by atoms with Gasteiger partial charge in [-0.05, 0) is 169 Å². The lowest BCUT2D eigenvalue weighted by atomic mass is 9.96. The van der Waals surface area contributed by atoms with E-state index in [-0.39, 0.29) is 37.1 Å². The first-order valence-electron chi connectivity index (χ1n) is 24.9. The highest BCUT2D eigenvalue weighted by Crippen LogP contribution is 2.29. The topological polar surface area (TPSA) is 135 Å². The third-order valence-corrected chi connectivity index (χ3v) is 12.5. The van der Waals surface area contributed by atoms with Crippen LogP contribution in [0.3, 0.4) is 0 Å². The maximum Gasteiger partial charge on any atom is 0.251 e. The normalized spacial score (nSPS) is 12.5. The smallest absolute Gasteiger partial charge is 0.251 e. The second-order valence-corrected chi connectivity index (χ2v) is 18.3. The molecule has 0 bridgehead atoms. The second-order valence-electron chi connectivity index (χ2n) is 18.3. The number of aromatic nitrogens is 3. The molecule has 75 heavy (non-hydrogen) atoms. The molecule has 2 atom stereocenters. The van der Waals surface area contributed by atoms with Crippen LogP contribution in [-0.4, -0.2) is 51.9 Å². The van der Waals surface area contributed by atoms with E-state index in [2.05, 4.69) is 87.2 Å². The van der Waals surface area contributed by atoms with Gasteiger partial charge in [-0.3, -0.25) is 29.3 Å². The minimum absolute atomic E-state index is 0. The molecular weight excluding hydrogens is 929 g/mol. The van der Waals surface area contributed by atoms with Gasteiger partial charge >= 0.3 is 0 Å². The molecule has 4 heterocycles.